The predicted octanol–water partition coefficient (Wildman–Crippen LogP) is 1.89. The van der Waals surface area contributed by atoms with Crippen molar-refractivity contribution in [1.29, 1.82) is 0 Å². The molecule has 0 saturated heterocycles. The van der Waals surface area contributed by atoms with Crippen LogP contribution in [0.5, 0.6) is 0 Å². The van der Waals surface area contributed by atoms with Gasteiger partial charge >= 0.3 is 0 Å². The maximum absolute atomic E-state index is 3.61. The average molecular weight is 210 g/mol. The molecule has 0 radical (unpaired) electrons. The SMILES string of the molecule is CC(C1NCCc2sccc21)N(C)C. The van der Waals surface area contributed by atoms with Crippen molar-refractivity contribution in [3.05, 3.63) is 21.9 Å². The number of thiophene rings is 1. The van der Waals surface area contributed by atoms with E-state index in [1.165, 1.54) is 12.0 Å². The van der Waals surface area contributed by atoms with E-state index >= 15 is 0 Å². The van der Waals surface area contributed by atoms with Crippen LogP contribution < -0.4 is 5.32 Å². The van der Waals surface area contributed by atoms with Gasteiger partial charge in [0, 0.05) is 23.5 Å². The van der Waals surface area contributed by atoms with Crippen LogP contribution in [0.2, 0.25) is 0 Å². The molecule has 1 aromatic rings. The van der Waals surface area contributed by atoms with E-state index in [0.29, 0.717) is 12.1 Å². The molecular formula is C11H18N2S. The third-order valence-electron chi connectivity index (χ3n) is 3.13. The van der Waals surface area contributed by atoms with Crippen LogP contribution in [-0.4, -0.2) is 31.6 Å². The minimum Gasteiger partial charge on any atom is -0.308 e. The Hall–Kier alpha value is -0.380. The van der Waals surface area contributed by atoms with E-state index in [1.807, 2.05) is 11.3 Å². The first-order valence-electron chi connectivity index (χ1n) is 5.16. The van der Waals surface area contributed by atoms with Crippen LogP contribution in [-0.2, 0) is 6.42 Å². The van der Waals surface area contributed by atoms with Gasteiger partial charge in [-0.1, -0.05) is 0 Å². The molecule has 1 N–H and O–H groups in total. The van der Waals surface area contributed by atoms with Crippen LogP contribution in [0.25, 0.3) is 0 Å². The number of hydrogen-bond donors (Lipinski definition) is 1. The van der Waals surface area contributed by atoms with Gasteiger partial charge in [0.2, 0.25) is 0 Å². The van der Waals surface area contributed by atoms with Crippen molar-refractivity contribution in [2.75, 3.05) is 20.6 Å². The van der Waals surface area contributed by atoms with Crippen LogP contribution >= 0.6 is 11.3 Å². The normalized spacial score (nSPS) is 23.6. The summed E-state index contributed by atoms with van der Waals surface area (Å²) >= 11 is 1.90. The number of nitrogens with zero attached hydrogens (tertiary/aromatic N) is 1. The zero-order chi connectivity index (χ0) is 10.1. The fourth-order valence-corrected chi connectivity index (χ4v) is 2.94. The summed E-state index contributed by atoms with van der Waals surface area (Å²) in [7, 11) is 4.29. The van der Waals surface area contributed by atoms with Gasteiger partial charge in [-0.15, -0.1) is 11.3 Å². The monoisotopic (exact) mass is 210 g/mol. The summed E-state index contributed by atoms with van der Waals surface area (Å²) in [6.07, 6.45) is 1.20. The molecule has 0 saturated carbocycles. The second-order valence-electron chi connectivity index (χ2n) is 4.19. The molecule has 2 nitrogen and oxygen atoms in total. The first-order chi connectivity index (χ1) is 6.70. The topological polar surface area (TPSA) is 15.3 Å². The van der Waals surface area contributed by atoms with Crippen molar-refractivity contribution < 1.29 is 0 Å². The maximum atomic E-state index is 3.61. The van der Waals surface area contributed by atoms with Gasteiger partial charge in [0.05, 0.1) is 0 Å². The fraction of sp³-hybridized carbons (Fsp3) is 0.636. The molecule has 1 aliphatic heterocycles. The lowest BCUT2D eigenvalue weighted by Crippen LogP contribution is -2.42. The molecule has 3 heteroatoms. The highest BCUT2D eigenvalue weighted by Gasteiger charge is 2.26. The number of hydrogen-bond acceptors (Lipinski definition) is 3. The Bertz CT molecular complexity index is 306. The Labute approximate surface area is 89.9 Å². The highest BCUT2D eigenvalue weighted by atomic mass is 32.1. The third-order valence-corrected chi connectivity index (χ3v) is 4.12. The van der Waals surface area contributed by atoms with Crippen molar-refractivity contribution >= 4 is 11.3 Å². The molecule has 78 valence electrons. The molecule has 0 aromatic carbocycles. The van der Waals surface area contributed by atoms with Crippen molar-refractivity contribution in [3.63, 3.8) is 0 Å². The van der Waals surface area contributed by atoms with E-state index in [-0.39, 0.29) is 0 Å². The molecule has 2 rings (SSSR count). The van der Waals surface area contributed by atoms with Crippen LogP contribution in [0, 0.1) is 0 Å². The third kappa shape index (κ3) is 1.72. The quantitative estimate of drug-likeness (QED) is 0.802. The molecular weight excluding hydrogens is 192 g/mol. The smallest absolute Gasteiger partial charge is 0.0486 e. The Morgan fingerprint density at radius 2 is 2.36 bits per heavy atom. The molecule has 2 unspecified atom stereocenters. The Morgan fingerprint density at radius 1 is 1.57 bits per heavy atom. The highest BCUT2D eigenvalue weighted by molar-refractivity contribution is 7.10. The van der Waals surface area contributed by atoms with E-state index < -0.39 is 0 Å². The van der Waals surface area contributed by atoms with Gasteiger partial charge in [-0.25, -0.2) is 0 Å². The summed E-state index contributed by atoms with van der Waals surface area (Å²) < 4.78 is 0. The van der Waals surface area contributed by atoms with Crippen LogP contribution in [0.15, 0.2) is 11.4 Å². The molecule has 14 heavy (non-hydrogen) atoms. The van der Waals surface area contributed by atoms with E-state index in [4.69, 9.17) is 0 Å². The largest absolute Gasteiger partial charge is 0.308 e. The van der Waals surface area contributed by atoms with Gasteiger partial charge in [0.1, 0.15) is 0 Å². The van der Waals surface area contributed by atoms with Gasteiger partial charge < -0.3 is 10.2 Å². The lowest BCUT2D eigenvalue weighted by Gasteiger charge is -2.33. The zero-order valence-corrected chi connectivity index (χ0v) is 9.90. The summed E-state index contributed by atoms with van der Waals surface area (Å²) in [6.45, 7) is 3.40. The number of fused-ring (bicyclic) bond motifs is 1. The van der Waals surface area contributed by atoms with E-state index in [2.05, 4.69) is 42.7 Å². The Balaban J connectivity index is 2.23. The summed E-state index contributed by atoms with van der Waals surface area (Å²) in [4.78, 5) is 3.85. The molecule has 1 aromatic heterocycles. The van der Waals surface area contributed by atoms with Crippen molar-refractivity contribution in [2.24, 2.45) is 0 Å². The lowest BCUT2D eigenvalue weighted by molar-refractivity contribution is 0.242. The number of rotatable bonds is 2. The van der Waals surface area contributed by atoms with Gasteiger partial charge in [0.25, 0.3) is 0 Å². The molecule has 2 heterocycles. The van der Waals surface area contributed by atoms with Crippen LogP contribution in [0.1, 0.15) is 23.4 Å². The highest BCUT2D eigenvalue weighted by Crippen LogP contribution is 2.30. The number of likely N-dealkylation sites (N-methyl/N-ethyl adjacent to an activating group) is 1. The molecule has 0 amide bonds. The Morgan fingerprint density at radius 3 is 3.07 bits per heavy atom. The first-order valence-corrected chi connectivity index (χ1v) is 6.04. The van der Waals surface area contributed by atoms with Crippen molar-refractivity contribution in [1.82, 2.24) is 10.2 Å². The average Bonchev–Trinajstić information content (AvgIpc) is 2.63. The van der Waals surface area contributed by atoms with E-state index in [9.17, 15) is 0 Å². The minimum absolute atomic E-state index is 0.514. The lowest BCUT2D eigenvalue weighted by atomic mass is 9.96. The van der Waals surface area contributed by atoms with Gasteiger partial charge in [-0.05, 0) is 44.4 Å². The summed E-state index contributed by atoms with van der Waals surface area (Å²) in [5, 5.41) is 5.82. The molecule has 0 spiro atoms. The fourth-order valence-electron chi connectivity index (χ4n) is 2.01. The second-order valence-corrected chi connectivity index (χ2v) is 5.19. The summed E-state index contributed by atoms with van der Waals surface area (Å²) in [5.74, 6) is 0. The first kappa shape index (κ1) is 10.1. The van der Waals surface area contributed by atoms with Gasteiger partial charge in [0.15, 0.2) is 0 Å². The second kappa shape index (κ2) is 4.01. The van der Waals surface area contributed by atoms with E-state index in [0.717, 1.165) is 6.54 Å². The zero-order valence-electron chi connectivity index (χ0n) is 9.08. The molecule has 0 bridgehead atoms. The maximum Gasteiger partial charge on any atom is 0.0486 e. The van der Waals surface area contributed by atoms with E-state index in [1.54, 1.807) is 4.88 Å². The summed E-state index contributed by atoms with van der Waals surface area (Å²) in [5.41, 5.74) is 1.52. The predicted molar refractivity (Wildman–Crippen MR) is 61.9 cm³/mol. The molecule has 1 aliphatic rings. The van der Waals surface area contributed by atoms with Crippen molar-refractivity contribution in [3.8, 4) is 0 Å². The van der Waals surface area contributed by atoms with Gasteiger partial charge in [-0.3, -0.25) is 0 Å². The Kier molecular flexibility index (Phi) is 2.91. The standard InChI is InChI=1S/C11H18N2S/c1-8(13(2)3)11-9-5-7-14-10(9)4-6-12-11/h5,7-8,11-12H,4,6H2,1-3H3. The molecule has 0 aliphatic carbocycles. The van der Waals surface area contributed by atoms with Gasteiger partial charge in [-0.2, -0.15) is 0 Å². The van der Waals surface area contributed by atoms with Crippen molar-refractivity contribution in [2.45, 2.75) is 25.4 Å². The van der Waals surface area contributed by atoms with Crippen LogP contribution in [0.3, 0.4) is 0 Å². The van der Waals surface area contributed by atoms with Crippen LogP contribution in [0.4, 0.5) is 0 Å². The summed E-state index contributed by atoms with van der Waals surface area (Å²) in [6, 6.07) is 3.35. The molecule has 2 atom stereocenters. The minimum atomic E-state index is 0.514. The number of nitrogens with one attached hydrogen (secondary N) is 1. The molecule has 0 fully saturated rings.